The topological polar surface area (TPSA) is 35.2 Å². The summed E-state index contributed by atoms with van der Waals surface area (Å²) in [5.74, 6) is 0.812. The molecule has 2 nitrogen and oxygen atoms in total. The first kappa shape index (κ1) is 12.0. The molecule has 17 heavy (non-hydrogen) atoms. The number of methoxy groups -OCH3 is 1. The summed E-state index contributed by atoms with van der Waals surface area (Å²) in [7, 11) is 1.65. The Labute approximate surface area is 106 Å². The van der Waals surface area contributed by atoms with Crippen LogP contribution in [0.25, 0.3) is 0 Å². The fourth-order valence-electron chi connectivity index (χ4n) is 1.70. The fraction of sp³-hybridized carbons (Fsp3) is 0.143. The van der Waals surface area contributed by atoms with Crippen molar-refractivity contribution in [3.05, 3.63) is 64.7 Å². The van der Waals surface area contributed by atoms with Crippen molar-refractivity contribution < 1.29 is 4.74 Å². The molecule has 2 N–H and O–H groups in total. The van der Waals surface area contributed by atoms with Gasteiger partial charge in [0.05, 0.1) is 13.2 Å². The largest absolute Gasteiger partial charge is 0.497 e. The second-order valence-corrected chi connectivity index (χ2v) is 4.24. The summed E-state index contributed by atoms with van der Waals surface area (Å²) in [4.78, 5) is 0. The van der Waals surface area contributed by atoms with E-state index in [0.717, 1.165) is 16.9 Å². The summed E-state index contributed by atoms with van der Waals surface area (Å²) >= 11 is 5.85. The van der Waals surface area contributed by atoms with E-state index in [-0.39, 0.29) is 6.04 Å². The zero-order chi connectivity index (χ0) is 12.3. The van der Waals surface area contributed by atoms with Gasteiger partial charge in [-0.3, -0.25) is 0 Å². The van der Waals surface area contributed by atoms with Gasteiger partial charge in [-0.25, -0.2) is 0 Å². The Morgan fingerprint density at radius 2 is 1.76 bits per heavy atom. The van der Waals surface area contributed by atoms with Crippen molar-refractivity contribution in [3.63, 3.8) is 0 Å². The first-order valence-corrected chi connectivity index (χ1v) is 5.73. The highest BCUT2D eigenvalue weighted by Crippen LogP contribution is 2.24. The van der Waals surface area contributed by atoms with Gasteiger partial charge in [0.1, 0.15) is 5.75 Å². The van der Waals surface area contributed by atoms with Gasteiger partial charge in [0, 0.05) is 5.02 Å². The molecule has 88 valence electrons. The molecule has 2 aromatic rings. The lowest BCUT2D eigenvalue weighted by Gasteiger charge is -2.13. The van der Waals surface area contributed by atoms with Crippen molar-refractivity contribution in [3.8, 4) is 5.75 Å². The van der Waals surface area contributed by atoms with Crippen molar-refractivity contribution in [2.24, 2.45) is 5.73 Å². The molecule has 2 rings (SSSR count). The highest BCUT2D eigenvalue weighted by atomic mass is 35.5. The Hall–Kier alpha value is -1.51. The van der Waals surface area contributed by atoms with E-state index < -0.39 is 0 Å². The average molecular weight is 248 g/mol. The van der Waals surface area contributed by atoms with Gasteiger partial charge in [0.15, 0.2) is 0 Å². The van der Waals surface area contributed by atoms with Gasteiger partial charge >= 0.3 is 0 Å². The first-order chi connectivity index (χ1) is 8.20. The summed E-state index contributed by atoms with van der Waals surface area (Å²) in [6.45, 7) is 0. The summed E-state index contributed by atoms with van der Waals surface area (Å²) in [6, 6.07) is 15.2. The number of nitrogens with two attached hydrogens (primary N) is 1. The van der Waals surface area contributed by atoms with Crippen LogP contribution in [-0.4, -0.2) is 7.11 Å². The number of halogens is 1. The van der Waals surface area contributed by atoms with Crippen LogP contribution >= 0.6 is 11.6 Å². The van der Waals surface area contributed by atoms with E-state index in [1.807, 2.05) is 48.5 Å². The van der Waals surface area contributed by atoms with Crippen LogP contribution in [0.3, 0.4) is 0 Å². The average Bonchev–Trinajstić information content (AvgIpc) is 2.39. The molecular weight excluding hydrogens is 234 g/mol. The molecule has 0 amide bonds. The van der Waals surface area contributed by atoms with E-state index in [4.69, 9.17) is 22.1 Å². The first-order valence-electron chi connectivity index (χ1n) is 5.35. The third-order valence-corrected chi connectivity index (χ3v) is 2.93. The summed E-state index contributed by atoms with van der Waals surface area (Å²) in [6.07, 6.45) is 0. The van der Waals surface area contributed by atoms with E-state index >= 15 is 0 Å². The minimum atomic E-state index is -0.164. The molecule has 0 bridgehead atoms. The zero-order valence-corrected chi connectivity index (χ0v) is 10.3. The third-order valence-electron chi connectivity index (χ3n) is 2.68. The van der Waals surface area contributed by atoms with Gasteiger partial charge < -0.3 is 10.5 Å². The molecule has 0 saturated carbocycles. The van der Waals surface area contributed by atoms with Crippen LogP contribution in [0.1, 0.15) is 17.2 Å². The number of hydrogen-bond donors (Lipinski definition) is 1. The maximum absolute atomic E-state index is 6.19. The minimum Gasteiger partial charge on any atom is -0.497 e. The normalized spacial score (nSPS) is 12.2. The predicted octanol–water partition coefficient (Wildman–Crippen LogP) is 3.40. The van der Waals surface area contributed by atoms with Crippen LogP contribution in [0.2, 0.25) is 5.02 Å². The second kappa shape index (κ2) is 5.21. The maximum atomic E-state index is 6.19. The lowest BCUT2D eigenvalue weighted by molar-refractivity contribution is 0.414. The number of benzene rings is 2. The Morgan fingerprint density at radius 1 is 1.06 bits per heavy atom. The second-order valence-electron chi connectivity index (χ2n) is 3.81. The van der Waals surface area contributed by atoms with Crippen LogP contribution in [0.4, 0.5) is 0 Å². The molecule has 0 heterocycles. The molecule has 0 saturated heterocycles. The van der Waals surface area contributed by atoms with Crippen molar-refractivity contribution in [1.29, 1.82) is 0 Å². The van der Waals surface area contributed by atoms with E-state index in [1.54, 1.807) is 7.11 Å². The highest BCUT2D eigenvalue weighted by molar-refractivity contribution is 6.30. The summed E-state index contributed by atoms with van der Waals surface area (Å²) in [5, 5.41) is 0.714. The molecule has 0 fully saturated rings. The SMILES string of the molecule is COc1cccc(C(N)c2ccc(Cl)cc2)c1. The Balaban J connectivity index is 2.29. The van der Waals surface area contributed by atoms with Crippen LogP contribution in [0.5, 0.6) is 5.75 Å². The minimum absolute atomic E-state index is 0.164. The molecule has 0 aliphatic heterocycles. The van der Waals surface area contributed by atoms with Crippen LogP contribution < -0.4 is 10.5 Å². The summed E-state index contributed by atoms with van der Waals surface area (Å²) in [5.41, 5.74) is 8.24. The van der Waals surface area contributed by atoms with Crippen LogP contribution in [-0.2, 0) is 0 Å². The molecule has 2 aromatic carbocycles. The molecule has 0 aliphatic rings. The van der Waals surface area contributed by atoms with E-state index in [1.165, 1.54) is 0 Å². The number of rotatable bonds is 3. The van der Waals surface area contributed by atoms with Gasteiger partial charge in [-0.15, -0.1) is 0 Å². The van der Waals surface area contributed by atoms with Crippen molar-refractivity contribution in [2.45, 2.75) is 6.04 Å². The molecule has 1 atom stereocenters. The molecule has 0 aromatic heterocycles. The standard InChI is InChI=1S/C14H14ClNO/c1-17-13-4-2-3-11(9-13)14(16)10-5-7-12(15)8-6-10/h2-9,14H,16H2,1H3. The molecule has 0 aliphatic carbocycles. The van der Waals surface area contributed by atoms with E-state index in [0.29, 0.717) is 5.02 Å². The number of ether oxygens (including phenoxy) is 1. The van der Waals surface area contributed by atoms with Crippen molar-refractivity contribution in [2.75, 3.05) is 7.11 Å². The van der Waals surface area contributed by atoms with Crippen molar-refractivity contribution in [1.82, 2.24) is 0 Å². The zero-order valence-electron chi connectivity index (χ0n) is 9.56. The Morgan fingerprint density at radius 3 is 2.41 bits per heavy atom. The highest BCUT2D eigenvalue weighted by Gasteiger charge is 2.09. The van der Waals surface area contributed by atoms with Gasteiger partial charge in [0.2, 0.25) is 0 Å². The number of hydrogen-bond acceptors (Lipinski definition) is 2. The third kappa shape index (κ3) is 2.78. The molecule has 0 spiro atoms. The lowest BCUT2D eigenvalue weighted by Crippen LogP contribution is -2.11. The van der Waals surface area contributed by atoms with Gasteiger partial charge in [-0.05, 0) is 35.4 Å². The predicted molar refractivity (Wildman–Crippen MR) is 70.5 cm³/mol. The van der Waals surface area contributed by atoms with Crippen LogP contribution in [0, 0.1) is 0 Å². The molecular formula is C14H14ClNO. The lowest BCUT2D eigenvalue weighted by atomic mass is 9.99. The fourth-order valence-corrected chi connectivity index (χ4v) is 1.82. The Kier molecular flexibility index (Phi) is 3.67. The molecule has 1 unspecified atom stereocenters. The van der Waals surface area contributed by atoms with Gasteiger partial charge in [-0.2, -0.15) is 0 Å². The quantitative estimate of drug-likeness (QED) is 0.902. The van der Waals surface area contributed by atoms with Gasteiger partial charge in [0.25, 0.3) is 0 Å². The van der Waals surface area contributed by atoms with E-state index in [2.05, 4.69) is 0 Å². The van der Waals surface area contributed by atoms with Crippen molar-refractivity contribution >= 4 is 11.6 Å². The van der Waals surface area contributed by atoms with Crippen LogP contribution in [0.15, 0.2) is 48.5 Å². The molecule has 0 radical (unpaired) electrons. The maximum Gasteiger partial charge on any atom is 0.119 e. The Bertz CT molecular complexity index is 496. The molecule has 3 heteroatoms. The smallest absolute Gasteiger partial charge is 0.119 e. The van der Waals surface area contributed by atoms with Gasteiger partial charge in [-0.1, -0.05) is 35.9 Å². The summed E-state index contributed by atoms with van der Waals surface area (Å²) < 4.78 is 5.18. The monoisotopic (exact) mass is 247 g/mol. The van der Waals surface area contributed by atoms with E-state index in [9.17, 15) is 0 Å².